The van der Waals surface area contributed by atoms with Gasteiger partial charge in [-0.1, -0.05) is 23.7 Å². The maximum absolute atomic E-state index is 12.5. The number of nitrogens with one attached hydrogen (secondary N) is 2. The van der Waals surface area contributed by atoms with E-state index in [1.165, 1.54) is 0 Å². The summed E-state index contributed by atoms with van der Waals surface area (Å²) in [5.74, 6) is 0.0160. The minimum absolute atomic E-state index is 0.0160. The number of piperidine rings is 1. The van der Waals surface area contributed by atoms with Crippen LogP contribution in [-0.4, -0.2) is 47.2 Å². The second kappa shape index (κ2) is 6.50. The van der Waals surface area contributed by atoms with E-state index in [1.54, 1.807) is 6.07 Å². The highest BCUT2D eigenvalue weighted by atomic mass is 35.5. The fourth-order valence-electron chi connectivity index (χ4n) is 2.74. The number of halogens is 1. The summed E-state index contributed by atoms with van der Waals surface area (Å²) in [4.78, 5) is 14.4. The van der Waals surface area contributed by atoms with Crippen molar-refractivity contribution in [3.05, 3.63) is 41.0 Å². The summed E-state index contributed by atoms with van der Waals surface area (Å²) in [5.41, 5.74) is 2.23. The first-order valence-electron chi connectivity index (χ1n) is 7.45. The summed E-state index contributed by atoms with van der Waals surface area (Å²) >= 11 is 5.89. The third kappa shape index (κ3) is 3.15. The number of hydrogen-bond donors (Lipinski definition) is 2. The van der Waals surface area contributed by atoms with Crippen molar-refractivity contribution < 1.29 is 4.79 Å². The molecule has 0 aliphatic carbocycles. The molecule has 1 fully saturated rings. The molecule has 1 saturated heterocycles. The smallest absolute Gasteiger partial charge is 0.271 e. The van der Waals surface area contributed by atoms with Crippen molar-refractivity contribution in [3.63, 3.8) is 0 Å². The largest absolute Gasteiger partial charge is 0.337 e. The zero-order valence-electron chi connectivity index (χ0n) is 12.5. The van der Waals surface area contributed by atoms with Crippen LogP contribution in [0.1, 0.15) is 23.3 Å². The number of carbonyl (C=O) groups excluding carboxylic acids is 1. The molecule has 1 aromatic heterocycles. The number of rotatable bonds is 3. The topological polar surface area (TPSA) is 61.0 Å². The van der Waals surface area contributed by atoms with Crippen LogP contribution in [0.25, 0.3) is 11.3 Å². The summed E-state index contributed by atoms with van der Waals surface area (Å²) in [7, 11) is 1.97. The van der Waals surface area contributed by atoms with Gasteiger partial charge in [-0.15, -0.1) is 0 Å². The second-order valence-corrected chi connectivity index (χ2v) is 5.97. The lowest BCUT2D eigenvalue weighted by molar-refractivity contribution is 0.0701. The van der Waals surface area contributed by atoms with Crippen molar-refractivity contribution in [2.45, 2.75) is 18.9 Å². The maximum atomic E-state index is 12.5. The van der Waals surface area contributed by atoms with E-state index in [-0.39, 0.29) is 5.91 Å². The minimum atomic E-state index is 0.0160. The van der Waals surface area contributed by atoms with Crippen LogP contribution >= 0.6 is 11.6 Å². The fourth-order valence-corrected chi connectivity index (χ4v) is 2.87. The summed E-state index contributed by atoms with van der Waals surface area (Å²) in [6.07, 6.45) is 1.97. The Morgan fingerprint density at radius 3 is 2.64 bits per heavy atom. The average molecular weight is 319 g/mol. The molecular formula is C16H19ClN4O. The number of nitrogens with zero attached hydrogens (tertiary/aromatic N) is 2. The van der Waals surface area contributed by atoms with Crippen LogP contribution in [0, 0.1) is 0 Å². The molecule has 0 radical (unpaired) electrons. The lowest BCUT2D eigenvalue weighted by Crippen LogP contribution is -2.44. The van der Waals surface area contributed by atoms with Crippen molar-refractivity contribution >= 4 is 17.5 Å². The molecule has 2 N–H and O–H groups in total. The van der Waals surface area contributed by atoms with Gasteiger partial charge in [0.25, 0.3) is 5.91 Å². The first kappa shape index (κ1) is 15.1. The Morgan fingerprint density at radius 2 is 2.00 bits per heavy atom. The lowest BCUT2D eigenvalue weighted by Gasteiger charge is -2.31. The minimum Gasteiger partial charge on any atom is -0.337 e. The average Bonchev–Trinajstić information content (AvgIpc) is 3.05. The fraction of sp³-hybridized carbons (Fsp3) is 0.375. The van der Waals surface area contributed by atoms with Gasteiger partial charge in [-0.25, -0.2) is 0 Å². The Labute approximate surface area is 134 Å². The molecule has 0 unspecified atom stereocenters. The SMILES string of the molecule is CNC1CCN(C(=O)c2cc(-c3ccc(Cl)cc3)n[nH]2)CC1. The van der Waals surface area contributed by atoms with Crippen LogP contribution in [0.2, 0.25) is 5.02 Å². The first-order valence-corrected chi connectivity index (χ1v) is 7.83. The molecule has 116 valence electrons. The molecule has 0 bridgehead atoms. The summed E-state index contributed by atoms with van der Waals surface area (Å²) in [6, 6.07) is 9.73. The van der Waals surface area contributed by atoms with E-state index >= 15 is 0 Å². The van der Waals surface area contributed by atoms with Gasteiger partial charge in [0, 0.05) is 29.7 Å². The van der Waals surface area contributed by atoms with Crippen molar-refractivity contribution in [1.82, 2.24) is 20.4 Å². The quantitative estimate of drug-likeness (QED) is 0.914. The normalized spacial score (nSPS) is 16.0. The standard InChI is InChI=1S/C16H19ClN4O/c1-18-13-6-8-21(9-7-13)16(22)15-10-14(19-20-15)11-2-4-12(17)5-3-11/h2-5,10,13,18H,6-9H2,1H3,(H,19,20). The highest BCUT2D eigenvalue weighted by molar-refractivity contribution is 6.30. The molecule has 2 aromatic rings. The van der Waals surface area contributed by atoms with Gasteiger partial charge >= 0.3 is 0 Å². The molecular weight excluding hydrogens is 300 g/mol. The molecule has 1 aliphatic heterocycles. The number of benzene rings is 1. The van der Waals surface area contributed by atoms with Crippen LogP contribution < -0.4 is 5.32 Å². The van der Waals surface area contributed by atoms with Crippen LogP contribution in [0.4, 0.5) is 0 Å². The van der Waals surface area contributed by atoms with Gasteiger partial charge in [0.1, 0.15) is 5.69 Å². The van der Waals surface area contributed by atoms with Gasteiger partial charge in [-0.2, -0.15) is 5.10 Å². The molecule has 3 rings (SSSR count). The van der Waals surface area contributed by atoms with Crippen molar-refractivity contribution in [2.75, 3.05) is 20.1 Å². The molecule has 5 nitrogen and oxygen atoms in total. The lowest BCUT2D eigenvalue weighted by atomic mass is 10.0. The molecule has 1 aliphatic rings. The van der Waals surface area contributed by atoms with Crippen LogP contribution in [0.15, 0.2) is 30.3 Å². The molecule has 0 atom stereocenters. The zero-order valence-corrected chi connectivity index (χ0v) is 13.2. The van der Waals surface area contributed by atoms with Gasteiger partial charge in [-0.3, -0.25) is 9.89 Å². The van der Waals surface area contributed by atoms with Crippen LogP contribution in [-0.2, 0) is 0 Å². The number of amides is 1. The van der Waals surface area contributed by atoms with E-state index in [2.05, 4.69) is 15.5 Å². The van der Waals surface area contributed by atoms with E-state index in [1.807, 2.05) is 36.2 Å². The predicted octanol–water partition coefficient (Wildman–Crippen LogP) is 2.55. The highest BCUT2D eigenvalue weighted by Gasteiger charge is 2.24. The van der Waals surface area contributed by atoms with Gasteiger partial charge in [0.2, 0.25) is 0 Å². The second-order valence-electron chi connectivity index (χ2n) is 5.53. The van der Waals surface area contributed by atoms with Gasteiger partial charge in [-0.05, 0) is 38.1 Å². The van der Waals surface area contributed by atoms with Crippen molar-refractivity contribution in [2.24, 2.45) is 0 Å². The Hall–Kier alpha value is -1.85. The molecule has 6 heteroatoms. The Kier molecular flexibility index (Phi) is 4.45. The number of hydrogen-bond acceptors (Lipinski definition) is 3. The Balaban J connectivity index is 1.71. The molecule has 1 aromatic carbocycles. The number of aromatic amines is 1. The molecule has 1 amide bonds. The summed E-state index contributed by atoms with van der Waals surface area (Å²) in [5, 5.41) is 11.0. The monoisotopic (exact) mass is 318 g/mol. The van der Waals surface area contributed by atoms with E-state index in [0.717, 1.165) is 37.2 Å². The Bertz CT molecular complexity index is 644. The zero-order chi connectivity index (χ0) is 15.5. The third-order valence-electron chi connectivity index (χ3n) is 4.14. The summed E-state index contributed by atoms with van der Waals surface area (Å²) in [6.45, 7) is 1.55. The molecule has 0 saturated carbocycles. The predicted molar refractivity (Wildman–Crippen MR) is 87.0 cm³/mol. The van der Waals surface area contributed by atoms with Crippen LogP contribution in [0.5, 0.6) is 0 Å². The van der Waals surface area contributed by atoms with E-state index in [9.17, 15) is 4.79 Å². The van der Waals surface area contributed by atoms with E-state index < -0.39 is 0 Å². The third-order valence-corrected chi connectivity index (χ3v) is 4.39. The number of likely N-dealkylation sites (tertiary alicyclic amines) is 1. The van der Waals surface area contributed by atoms with Gasteiger partial charge in [0.05, 0.1) is 5.69 Å². The first-order chi connectivity index (χ1) is 10.7. The Morgan fingerprint density at radius 1 is 1.32 bits per heavy atom. The van der Waals surface area contributed by atoms with Gasteiger partial charge in [0.15, 0.2) is 0 Å². The highest BCUT2D eigenvalue weighted by Crippen LogP contribution is 2.21. The molecule has 2 heterocycles. The maximum Gasteiger partial charge on any atom is 0.271 e. The number of aromatic nitrogens is 2. The summed E-state index contributed by atoms with van der Waals surface area (Å²) < 4.78 is 0. The van der Waals surface area contributed by atoms with Crippen molar-refractivity contribution in [1.29, 1.82) is 0 Å². The van der Waals surface area contributed by atoms with Crippen molar-refractivity contribution in [3.8, 4) is 11.3 Å². The molecule has 22 heavy (non-hydrogen) atoms. The van der Waals surface area contributed by atoms with Gasteiger partial charge < -0.3 is 10.2 Å². The van der Waals surface area contributed by atoms with E-state index in [4.69, 9.17) is 11.6 Å². The van der Waals surface area contributed by atoms with Crippen LogP contribution in [0.3, 0.4) is 0 Å². The number of carbonyl (C=O) groups is 1. The van der Waals surface area contributed by atoms with E-state index in [0.29, 0.717) is 16.8 Å². The molecule has 0 spiro atoms. The number of H-pyrrole nitrogens is 1.